The highest BCUT2D eigenvalue weighted by molar-refractivity contribution is 6.07. The lowest BCUT2D eigenvalue weighted by Gasteiger charge is -2.20. The summed E-state index contributed by atoms with van der Waals surface area (Å²) in [6.45, 7) is 1.33. The number of non-ortho nitro benzene ring substituents is 1. The summed E-state index contributed by atoms with van der Waals surface area (Å²) in [6.07, 6.45) is 0.136. The summed E-state index contributed by atoms with van der Waals surface area (Å²) < 4.78 is 5.45. The van der Waals surface area contributed by atoms with Crippen LogP contribution in [-0.2, 0) is 4.79 Å². The molecule has 10 nitrogen and oxygen atoms in total. The number of nitrogens with zero attached hydrogens (tertiary/aromatic N) is 4. The first-order chi connectivity index (χ1) is 15.2. The van der Waals surface area contributed by atoms with E-state index in [1.807, 2.05) is 19.0 Å². The van der Waals surface area contributed by atoms with E-state index in [4.69, 9.17) is 4.42 Å². The minimum Gasteiger partial charge on any atom is -0.506 e. The second-order valence-electron chi connectivity index (χ2n) is 7.67. The predicted molar refractivity (Wildman–Crippen MR) is 118 cm³/mol. The van der Waals surface area contributed by atoms with Crippen LogP contribution in [-0.4, -0.2) is 40.8 Å². The molecule has 1 aromatic heterocycles. The molecule has 1 N–H and O–H groups in total. The molecular weight excluding hydrogens is 416 g/mol. The number of carbonyl (C=O) groups excluding carboxylic acids is 1. The van der Waals surface area contributed by atoms with Crippen molar-refractivity contribution in [1.29, 1.82) is 0 Å². The van der Waals surface area contributed by atoms with Crippen molar-refractivity contribution in [3.05, 3.63) is 74.1 Å². The SMILES string of the molecule is CC(=O)N1N=C(c2c(O)c3ccc(N(C)C)cc3oc2=O)CC1c1ccc([N+](=O)[O-])cc1. The Morgan fingerprint density at radius 2 is 1.94 bits per heavy atom. The first-order valence-electron chi connectivity index (χ1n) is 9.76. The Kier molecular flexibility index (Phi) is 5.13. The predicted octanol–water partition coefficient (Wildman–Crippen LogP) is 3.17. The van der Waals surface area contributed by atoms with E-state index >= 15 is 0 Å². The summed E-state index contributed by atoms with van der Waals surface area (Å²) in [4.78, 5) is 37.2. The minimum absolute atomic E-state index is 0.0767. The number of hydrazone groups is 1. The minimum atomic E-state index is -0.766. The highest BCUT2D eigenvalue weighted by Crippen LogP contribution is 2.36. The fourth-order valence-corrected chi connectivity index (χ4v) is 3.74. The van der Waals surface area contributed by atoms with Gasteiger partial charge in [0.25, 0.3) is 5.69 Å². The van der Waals surface area contributed by atoms with Gasteiger partial charge in [-0.25, -0.2) is 9.80 Å². The Morgan fingerprint density at radius 1 is 1.25 bits per heavy atom. The van der Waals surface area contributed by atoms with Crippen LogP contribution in [0.5, 0.6) is 5.75 Å². The van der Waals surface area contributed by atoms with Gasteiger partial charge >= 0.3 is 5.63 Å². The lowest BCUT2D eigenvalue weighted by Crippen LogP contribution is -2.24. The van der Waals surface area contributed by atoms with Crippen LogP contribution in [0.25, 0.3) is 11.0 Å². The van der Waals surface area contributed by atoms with E-state index in [0.717, 1.165) is 5.69 Å². The number of hydrogen-bond donors (Lipinski definition) is 1. The number of amides is 1. The van der Waals surface area contributed by atoms with Gasteiger partial charge in [-0.2, -0.15) is 5.10 Å². The highest BCUT2D eigenvalue weighted by Gasteiger charge is 2.34. The van der Waals surface area contributed by atoms with E-state index in [2.05, 4.69) is 5.10 Å². The van der Waals surface area contributed by atoms with E-state index in [-0.39, 0.29) is 40.6 Å². The molecule has 2 heterocycles. The third-order valence-electron chi connectivity index (χ3n) is 5.39. The summed E-state index contributed by atoms with van der Waals surface area (Å²) in [6, 6.07) is 10.3. The van der Waals surface area contributed by atoms with Gasteiger partial charge in [0.15, 0.2) is 0 Å². The van der Waals surface area contributed by atoms with E-state index in [9.17, 15) is 24.8 Å². The van der Waals surface area contributed by atoms with Gasteiger partial charge in [-0.05, 0) is 17.7 Å². The molecule has 0 aliphatic carbocycles. The van der Waals surface area contributed by atoms with Gasteiger partial charge in [-0.1, -0.05) is 12.1 Å². The number of carbonyl (C=O) groups is 1. The Labute approximate surface area is 182 Å². The van der Waals surface area contributed by atoms with Gasteiger partial charge in [-0.15, -0.1) is 0 Å². The largest absolute Gasteiger partial charge is 0.506 e. The fraction of sp³-hybridized carbons (Fsp3) is 0.227. The summed E-state index contributed by atoms with van der Waals surface area (Å²) in [7, 11) is 3.69. The van der Waals surface area contributed by atoms with Crippen molar-refractivity contribution in [3.63, 3.8) is 0 Å². The summed E-state index contributed by atoms with van der Waals surface area (Å²) in [5.74, 6) is -0.642. The molecule has 4 rings (SSSR count). The number of benzene rings is 2. The summed E-state index contributed by atoms with van der Waals surface area (Å²) in [5, 5.41) is 27.6. The lowest BCUT2D eigenvalue weighted by atomic mass is 9.97. The zero-order valence-corrected chi connectivity index (χ0v) is 17.6. The highest BCUT2D eigenvalue weighted by atomic mass is 16.6. The van der Waals surface area contributed by atoms with Gasteiger partial charge in [0.05, 0.1) is 22.1 Å². The average Bonchev–Trinajstić information content (AvgIpc) is 3.18. The van der Waals surface area contributed by atoms with E-state index < -0.39 is 16.6 Å². The maximum absolute atomic E-state index is 12.8. The molecule has 0 fully saturated rings. The van der Waals surface area contributed by atoms with Crippen molar-refractivity contribution >= 4 is 34.0 Å². The second kappa shape index (κ2) is 7.80. The normalized spacial score (nSPS) is 15.7. The molecule has 0 bridgehead atoms. The quantitative estimate of drug-likeness (QED) is 0.378. The molecule has 10 heteroatoms. The van der Waals surface area contributed by atoms with E-state index in [0.29, 0.717) is 10.9 Å². The number of anilines is 1. The molecule has 0 spiro atoms. The summed E-state index contributed by atoms with van der Waals surface area (Å²) in [5.41, 5.74) is 0.900. The zero-order chi connectivity index (χ0) is 23.2. The van der Waals surface area contributed by atoms with E-state index in [1.54, 1.807) is 30.3 Å². The average molecular weight is 436 g/mol. The molecule has 0 saturated carbocycles. The number of nitro benzene ring substituents is 1. The van der Waals surface area contributed by atoms with Crippen LogP contribution in [0.15, 0.2) is 56.8 Å². The van der Waals surface area contributed by atoms with Crippen molar-refractivity contribution in [2.75, 3.05) is 19.0 Å². The monoisotopic (exact) mass is 436 g/mol. The van der Waals surface area contributed by atoms with Crippen LogP contribution < -0.4 is 10.5 Å². The zero-order valence-electron chi connectivity index (χ0n) is 17.6. The molecular formula is C22H20N4O6. The molecule has 0 saturated heterocycles. The fourth-order valence-electron chi connectivity index (χ4n) is 3.74. The Hall–Kier alpha value is -4.21. The number of nitro groups is 1. The maximum atomic E-state index is 12.8. The van der Waals surface area contributed by atoms with Crippen LogP contribution >= 0.6 is 0 Å². The van der Waals surface area contributed by atoms with Crippen LogP contribution in [0.4, 0.5) is 11.4 Å². The first kappa shape index (κ1) is 21.0. The van der Waals surface area contributed by atoms with Gasteiger partial charge in [0, 0.05) is 51.3 Å². The van der Waals surface area contributed by atoms with Crippen LogP contribution in [0.1, 0.15) is 30.5 Å². The van der Waals surface area contributed by atoms with Gasteiger partial charge in [-0.3, -0.25) is 14.9 Å². The van der Waals surface area contributed by atoms with Crippen LogP contribution in [0.3, 0.4) is 0 Å². The smallest absolute Gasteiger partial charge is 0.349 e. The van der Waals surface area contributed by atoms with Crippen molar-refractivity contribution in [2.45, 2.75) is 19.4 Å². The number of rotatable bonds is 4. The lowest BCUT2D eigenvalue weighted by molar-refractivity contribution is -0.384. The molecule has 3 aromatic rings. The standard InChI is InChI=1S/C22H20N4O6/c1-12(27)25-18(13-4-6-14(7-5-13)26(30)31)11-17(23-25)20-21(28)16-9-8-15(24(2)3)10-19(16)32-22(20)29/h4-10,18,28H,11H2,1-3H3. The van der Waals surface area contributed by atoms with Gasteiger partial charge < -0.3 is 14.4 Å². The van der Waals surface area contributed by atoms with Gasteiger partial charge in [0.2, 0.25) is 5.91 Å². The molecule has 2 aromatic carbocycles. The second-order valence-corrected chi connectivity index (χ2v) is 7.67. The number of fused-ring (bicyclic) bond motifs is 1. The molecule has 164 valence electrons. The topological polar surface area (TPSA) is 129 Å². The van der Waals surface area contributed by atoms with Crippen molar-refractivity contribution in [2.24, 2.45) is 5.10 Å². The first-order valence-corrected chi connectivity index (χ1v) is 9.76. The number of hydrogen-bond acceptors (Lipinski definition) is 8. The maximum Gasteiger partial charge on any atom is 0.349 e. The van der Waals surface area contributed by atoms with E-state index in [1.165, 1.54) is 24.1 Å². The number of aromatic hydroxyl groups is 1. The third-order valence-corrected chi connectivity index (χ3v) is 5.39. The summed E-state index contributed by atoms with van der Waals surface area (Å²) >= 11 is 0. The van der Waals surface area contributed by atoms with Crippen LogP contribution in [0, 0.1) is 10.1 Å². The molecule has 1 aliphatic rings. The molecule has 1 amide bonds. The molecule has 32 heavy (non-hydrogen) atoms. The molecule has 1 unspecified atom stereocenters. The van der Waals surface area contributed by atoms with Crippen molar-refractivity contribution in [3.8, 4) is 5.75 Å². The molecule has 1 aliphatic heterocycles. The molecule has 1 atom stereocenters. The van der Waals surface area contributed by atoms with Gasteiger partial charge in [0.1, 0.15) is 16.9 Å². The van der Waals surface area contributed by atoms with Crippen molar-refractivity contribution < 1.29 is 19.2 Å². The van der Waals surface area contributed by atoms with Crippen LogP contribution in [0.2, 0.25) is 0 Å². The Balaban J connectivity index is 1.77. The third kappa shape index (κ3) is 3.55. The van der Waals surface area contributed by atoms with Crippen molar-refractivity contribution in [1.82, 2.24) is 5.01 Å². The Bertz CT molecular complexity index is 1330. The Morgan fingerprint density at radius 3 is 2.53 bits per heavy atom. The molecule has 0 radical (unpaired) electrons.